The van der Waals surface area contributed by atoms with Gasteiger partial charge in [0.05, 0.1) is 25.6 Å². The zero-order valence-corrected chi connectivity index (χ0v) is 17.0. The number of aliphatic imine (C=N–C) groups is 1. The number of ether oxygens (including phenoxy) is 1. The van der Waals surface area contributed by atoms with Gasteiger partial charge in [0.25, 0.3) is 5.91 Å². The molecule has 8 nitrogen and oxygen atoms in total. The number of guanidine groups is 1. The van der Waals surface area contributed by atoms with Crippen LogP contribution in [0.5, 0.6) is 5.75 Å². The molecular formula is C21H29N5O3. The van der Waals surface area contributed by atoms with Crippen LogP contribution in [0.15, 0.2) is 52.1 Å². The van der Waals surface area contributed by atoms with Gasteiger partial charge in [0, 0.05) is 32.2 Å². The molecule has 156 valence electrons. The minimum Gasteiger partial charge on any atom is -0.495 e. The Labute approximate surface area is 171 Å². The summed E-state index contributed by atoms with van der Waals surface area (Å²) in [5, 5.41) is 9.56. The topological polar surface area (TPSA) is 91.1 Å². The van der Waals surface area contributed by atoms with Crippen molar-refractivity contribution in [3.63, 3.8) is 0 Å². The standard InChI is InChI=1S/C21H29N5O3/c1-3-22-21(24-12-11-23-20(27)19-9-6-14-29-19)25-16-10-13-26(15-16)17-7-4-5-8-18(17)28-2/h4-9,14,16H,3,10-13,15H2,1-2H3,(H,23,27)(H2,22,24,25). The van der Waals surface area contributed by atoms with Crippen LogP contribution in [0.2, 0.25) is 0 Å². The zero-order chi connectivity index (χ0) is 20.5. The van der Waals surface area contributed by atoms with Crippen molar-refractivity contribution in [2.24, 2.45) is 4.99 Å². The molecule has 3 rings (SSSR count). The second kappa shape index (κ2) is 10.4. The Morgan fingerprint density at radius 1 is 1.28 bits per heavy atom. The zero-order valence-electron chi connectivity index (χ0n) is 17.0. The smallest absolute Gasteiger partial charge is 0.287 e. The summed E-state index contributed by atoms with van der Waals surface area (Å²) in [7, 11) is 1.70. The number of benzene rings is 1. The normalized spacial score (nSPS) is 16.6. The van der Waals surface area contributed by atoms with E-state index in [1.165, 1.54) is 6.26 Å². The predicted molar refractivity (Wildman–Crippen MR) is 114 cm³/mol. The lowest BCUT2D eigenvalue weighted by atomic mass is 10.2. The van der Waals surface area contributed by atoms with Crippen molar-refractivity contribution in [2.75, 3.05) is 44.7 Å². The first kappa shape index (κ1) is 20.6. The fraction of sp³-hybridized carbons (Fsp3) is 0.429. The molecule has 29 heavy (non-hydrogen) atoms. The highest BCUT2D eigenvalue weighted by Gasteiger charge is 2.25. The number of hydrogen-bond acceptors (Lipinski definition) is 5. The van der Waals surface area contributed by atoms with Gasteiger partial charge < -0.3 is 30.0 Å². The number of anilines is 1. The molecule has 1 saturated heterocycles. The summed E-state index contributed by atoms with van der Waals surface area (Å²) in [5.41, 5.74) is 1.11. The van der Waals surface area contributed by atoms with Crippen molar-refractivity contribution < 1.29 is 13.9 Å². The largest absolute Gasteiger partial charge is 0.495 e. The van der Waals surface area contributed by atoms with Crippen molar-refractivity contribution in [1.29, 1.82) is 0 Å². The molecule has 1 unspecified atom stereocenters. The molecule has 1 aliphatic rings. The van der Waals surface area contributed by atoms with Gasteiger partial charge >= 0.3 is 0 Å². The molecule has 1 atom stereocenters. The van der Waals surface area contributed by atoms with E-state index in [1.807, 2.05) is 25.1 Å². The van der Waals surface area contributed by atoms with Crippen LogP contribution in [0.25, 0.3) is 0 Å². The molecule has 3 N–H and O–H groups in total. The maximum absolute atomic E-state index is 11.9. The van der Waals surface area contributed by atoms with Gasteiger partial charge in [-0.05, 0) is 37.6 Å². The quantitative estimate of drug-likeness (QED) is 0.357. The number of furan rings is 1. The molecule has 0 aliphatic carbocycles. The van der Waals surface area contributed by atoms with Crippen LogP contribution in [0.1, 0.15) is 23.9 Å². The number of rotatable bonds is 8. The Morgan fingerprint density at radius 3 is 2.90 bits per heavy atom. The number of para-hydroxylation sites is 2. The minimum atomic E-state index is -0.230. The van der Waals surface area contributed by atoms with E-state index >= 15 is 0 Å². The van der Waals surface area contributed by atoms with Crippen molar-refractivity contribution in [3.8, 4) is 5.75 Å². The van der Waals surface area contributed by atoms with Crippen molar-refractivity contribution in [3.05, 3.63) is 48.4 Å². The number of amides is 1. The Bertz CT molecular complexity index is 806. The van der Waals surface area contributed by atoms with Crippen molar-refractivity contribution in [2.45, 2.75) is 19.4 Å². The van der Waals surface area contributed by atoms with Gasteiger partial charge in [-0.2, -0.15) is 0 Å². The molecule has 0 saturated carbocycles. The monoisotopic (exact) mass is 399 g/mol. The molecule has 2 aromatic rings. The third-order valence-electron chi connectivity index (χ3n) is 4.71. The fourth-order valence-corrected chi connectivity index (χ4v) is 3.33. The van der Waals surface area contributed by atoms with Gasteiger partial charge in [0.1, 0.15) is 5.75 Å². The van der Waals surface area contributed by atoms with Crippen LogP contribution in [0.3, 0.4) is 0 Å². The van der Waals surface area contributed by atoms with E-state index in [2.05, 4.69) is 31.9 Å². The first-order valence-electron chi connectivity index (χ1n) is 9.95. The van der Waals surface area contributed by atoms with Gasteiger partial charge in [0.2, 0.25) is 0 Å². The average molecular weight is 399 g/mol. The molecule has 0 bridgehead atoms. The van der Waals surface area contributed by atoms with Crippen LogP contribution >= 0.6 is 0 Å². The molecule has 1 aliphatic heterocycles. The van der Waals surface area contributed by atoms with Gasteiger partial charge in [-0.25, -0.2) is 0 Å². The van der Waals surface area contributed by atoms with Gasteiger partial charge in [-0.3, -0.25) is 9.79 Å². The molecule has 0 spiro atoms. The molecule has 1 fully saturated rings. The van der Waals surface area contributed by atoms with E-state index in [-0.39, 0.29) is 11.9 Å². The summed E-state index contributed by atoms with van der Waals surface area (Å²) in [6.45, 7) is 5.55. The average Bonchev–Trinajstić information content (AvgIpc) is 3.43. The summed E-state index contributed by atoms with van der Waals surface area (Å²) in [6, 6.07) is 11.7. The van der Waals surface area contributed by atoms with E-state index in [9.17, 15) is 4.79 Å². The first-order valence-corrected chi connectivity index (χ1v) is 9.95. The number of carbonyl (C=O) groups excluding carboxylic acids is 1. The summed E-state index contributed by atoms with van der Waals surface area (Å²) >= 11 is 0. The number of hydrogen-bond donors (Lipinski definition) is 3. The molecule has 1 aromatic heterocycles. The lowest BCUT2D eigenvalue weighted by Gasteiger charge is -2.22. The number of nitrogens with zero attached hydrogens (tertiary/aromatic N) is 2. The number of carbonyl (C=O) groups is 1. The van der Waals surface area contributed by atoms with Crippen LogP contribution in [0, 0.1) is 0 Å². The number of methoxy groups -OCH3 is 1. The molecule has 1 aromatic carbocycles. The maximum atomic E-state index is 11.9. The van der Waals surface area contributed by atoms with Crippen molar-refractivity contribution in [1.82, 2.24) is 16.0 Å². The maximum Gasteiger partial charge on any atom is 0.287 e. The molecule has 1 amide bonds. The SMILES string of the molecule is CCNC(=NCCNC(=O)c1ccco1)NC1CCN(c2ccccc2OC)C1. The highest BCUT2D eigenvalue weighted by atomic mass is 16.5. The predicted octanol–water partition coefficient (Wildman–Crippen LogP) is 1.85. The lowest BCUT2D eigenvalue weighted by Crippen LogP contribution is -2.45. The molecule has 2 heterocycles. The van der Waals surface area contributed by atoms with E-state index in [0.29, 0.717) is 18.8 Å². The third kappa shape index (κ3) is 5.66. The first-order chi connectivity index (χ1) is 14.2. The second-order valence-electron chi connectivity index (χ2n) is 6.74. The highest BCUT2D eigenvalue weighted by molar-refractivity contribution is 5.91. The lowest BCUT2D eigenvalue weighted by molar-refractivity contribution is 0.0927. The fourth-order valence-electron chi connectivity index (χ4n) is 3.33. The van der Waals surface area contributed by atoms with Crippen LogP contribution in [-0.4, -0.2) is 57.7 Å². The molecule has 8 heteroatoms. The minimum absolute atomic E-state index is 0.230. The highest BCUT2D eigenvalue weighted by Crippen LogP contribution is 2.30. The third-order valence-corrected chi connectivity index (χ3v) is 4.71. The summed E-state index contributed by atoms with van der Waals surface area (Å²) in [4.78, 5) is 18.8. The van der Waals surface area contributed by atoms with E-state index in [0.717, 1.165) is 43.5 Å². The Kier molecular flexibility index (Phi) is 7.38. The van der Waals surface area contributed by atoms with Gasteiger partial charge in [-0.15, -0.1) is 0 Å². The summed E-state index contributed by atoms with van der Waals surface area (Å²) < 4.78 is 10.6. The Hall–Kier alpha value is -3.16. The molecular weight excluding hydrogens is 370 g/mol. The second-order valence-corrected chi connectivity index (χ2v) is 6.74. The Balaban J connectivity index is 1.49. The van der Waals surface area contributed by atoms with Gasteiger partial charge in [0.15, 0.2) is 11.7 Å². The van der Waals surface area contributed by atoms with Crippen LogP contribution in [0.4, 0.5) is 5.69 Å². The number of nitrogens with one attached hydrogen (secondary N) is 3. The van der Waals surface area contributed by atoms with Crippen LogP contribution < -0.4 is 25.6 Å². The molecule has 0 radical (unpaired) electrons. The van der Waals surface area contributed by atoms with Crippen LogP contribution in [-0.2, 0) is 0 Å². The van der Waals surface area contributed by atoms with E-state index < -0.39 is 0 Å². The Morgan fingerprint density at radius 2 is 2.14 bits per heavy atom. The van der Waals surface area contributed by atoms with Crippen molar-refractivity contribution >= 4 is 17.6 Å². The summed E-state index contributed by atoms with van der Waals surface area (Å²) in [6.07, 6.45) is 2.49. The van der Waals surface area contributed by atoms with E-state index in [1.54, 1.807) is 19.2 Å². The summed E-state index contributed by atoms with van der Waals surface area (Å²) in [5.74, 6) is 1.72. The van der Waals surface area contributed by atoms with Gasteiger partial charge in [-0.1, -0.05) is 12.1 Å². The van der Waals surface area contributed by atoms with E-state index in [4.69, 9.17) is 9.15 Å².